The van der Waals surface area contributed by atoms with Gasteiger partial charge in [-0.2, -0.15) is 36.3 Å². The lowest BCUT2D eigenvalue weighted by Gasteiger charge is -2.38. The third kappa shape index (κ3) is 8.01. The number of nitrogens with two attached hydrogens (primary N) is 1. The average molecular weight is 699 g/mol. The van der Waals surface area contributed by atoms with Gasteiger partial charge in [0.15, 0.2) is 5.65 Å². The van der Waals surface area contributed by atoms with Crippen molar-refractivity contribution in [2.75, 3.05) is 23.3 Å². The van der Waals surface area contributed by atoms with E-state index in [2.05, 4.69) is 53.4 Å². The number of aromatic amines is 1. The molecule has 0 aromatic carbocycles. The van der Waals surface area contributed by atoms with Crippen LogP contribution in [0.4, 0.5) is 43.8 Å². The molecule has 0 aliphatic carbocycles. The first-order valence-electron chi connectivity index (χ1n) is 12.5. The number of carbonyl (C=O) groups is 2. The van der Waals surface area contributed by atoms with Gasteiger partial charge in [0.05, 0.1) is 27.8 Å². The highest BCUT2D eigenvalue weighted by molar-refractivity contribution is 9.10. The van der Waals surface area contributed by atoms with Crippen LogP contribution in [0.3, 0.4) is 0 Å². The van der Waals surface area contributed by atoms with Gasteiger partial charge in [-0.15, -0.1) is 5.10 Å². The van der Waals surface area contributed by atoms with Crippen LogP contribution in [0.15, 0.2) is 16.7 Å². The lowest BCUT2D eigenvalue weighted by molar-refractivity contribution is -0.193. The number of carboxylic acid groups (broad SMARTS) is 2. The highest BCUT2D eigenvalue weighted by Crippen LogP contribution is 2.36. The summed E-state index contributed by atoms with van der Waals surface area (Å²) in [6, 6.07) is 2.27. The largest absolute Gasteiger partial charge is 0.490 e. The molecule has 1 fully saturated rings. The van der Waals surface area contributed by atoms with Gasteiger partial charge < -0.3 is 31.1 Å². The van der Waals surface area contributed by atoms with Gasteiger partial charge in [0.1, 0.15) is 17.0 Å². The van der Waals surface area contributed by atoms with E-state index >= 15 is 0 Å². The fourth-order valence-corrected chi connectivity index (χ4v) is 4.43. The summed E-state index contributed by atoms with van der Waals surface area (Å²) in [5, 5.41) is 26.9. The van der Waals surface area contributed by atoms with Crippen molar-refractivity contribution in [1.82, 2.24) is 34.9 Å². The van der Waals surface area contributed by atoms with Gasteiger partial charge in [0, 0.05) is 24.8 Å². The van der Waals surface area contributed by atoms with Crippen LogP contribution >= 0.6 is 15.9 Å². The Morgan fingerprint density at radius 3 is 2.18 bits per heavy atom. The van der Waals surface area contributed by atoms with E-state index < -0.39 is 24.3 Å². The third-order valence-electron chi connectivity index (χ3n) is 5.75. The number of alkyl halides is 6. The Morgan fingerprint density at radius 1 is 1.14 bits per heavy atom. The van der Waals surface area contributed by atoms with Crippen molar-refractivity contribution in [2.24, 2.45) is 5.73 Å². The minimum atomic E-state index is -5.08. The predicted octanol–water partition coefficient (Wildman–Crippen LogP) is 4.16. The molecule has 5 rings (SSSR count). The molecule has 14 nitrogen and oxygen atoms in total. The number of pyridine rings is 1. The molecule has 0 saturated carbocycles. The van der Waals surface area contributed by atoms with Gasteiger partial charge in [-0.1, -0.05) is 12.1 Å². The van der Waals surface area contributed by atoms with Crippen LogP contribution in [-0.4, -0.2) is 88.6 Å². The Labute approximate surface area is 251 Å². The van der Waals surface area contributed by atoms with Crippen molar-refractivity contribution in [3.8, 4) is 0 Å². The number of carboxylic acids is 2. The molecule has 4 aromatic rings. The summed E-state index contributed by atoms with van der Waals surface area (Å²) < 4.78 is 66.3. The second-order valence-electron chi connectivity index (χ2n) is 9.46. The second kappa shape index (κ2) is 13.2. The lowest BCUT2D eigenvalue weighted by atomic mass is 10.1. The van der Waals surface area contributed by atoms with Crippen molar-refractivity contribution in [3.63, 3.8) is 0 Å². The molecule has 0 bridgehead atoms. The van der Waals surface area contributed by atoms with Crippen molar-refractivity contribution < 1.29 is 46.1 Å². The van der Waals surface area contributed by atoms with Crippen LogP contribution < -0.4 is 16.0 Å². The molecule has 0 radical (unpaired) electrons. The number of aromatic nitrogens is 7. The maximum absolute atomic E-state index is 10.6. The smallest absolute Gasteiger partial charge is 0.475 e. The van der Waals surface area contributed by atoms with Gasteiger partial charge >= 0.3 is 24.3 Å². The van der Waals surface area contributed by atoms with Gasteiger partial charge in [0.2, 0.25) is 5.95 Å². The number of halogens is 7. The zero-order valence-corrected chi connectivity index (χ0v) is 24.6. The van der Waals surface area contributed by atoms with Gasteiger partial charge in [-0.25, -0.2) is 19.3 Å². The molecule has 1 saturated heterocycles. The quantitative estimate of drug-likeness (QED) is 0.187. The Morgan fingerprint density at radius 2 is 1.70 bits per heavy atom. The zero-order chi connectivity index (χ0) is 33.1. The molecule has 6 N–H and O–H groups in total. The standard InChI is InChI=1S/C19H23BrN10.2C2HF3O2/c1-4-12-15(20)14-16(24-12)25-19(26-18(14)29-7-10(21)8-29)23-11-5-13-17(22-6-11)30(9(2)3)28-27-13;2*3-2(4,5)1(6)7/h5-6,9-10H,4,7-8,21H2,1-3H3,(H2,23,24,25,26);2*(H,6,7). The topological polar surface area (TPSA) is 201 Å². The average Bonchev–Trinajstić information content (AvgIpc) is 3.46. The molecular formula is C23H25BrF6N10O4. The summed E-state index contributed by atoms with van der Waals surface area (Å²) in [7, 11) is 0. The summed E-state index contributed by atoms with van der Waals surface area (Å²) in [6.07, 6.45) is -7.55. The van der Waals surface area contributed by atoms with Crippen LogP contribution in [0.1, 0.15) is 32.5 Å². The zero-order valence-electron chi connectivity index (χ0n) is 23.0. The molecule has 21 heteroatoms. The number of nitrogens with one attached hydrogen (secondary N) is 2. The summed E-state index contributed by atoms with van der Waals surface area (Å²) in [5.41, 5.74) is 10.1. The first kappa shape index (κ1) is 34.2. The number of hydrogen-bond donors (Lipinski definition) is 5. The van der Waals surface area contributed by atoms with E-state index in [1.807, 2.05) is 19.9 Å². The SMILES string of the molecule is CCc1[nH]c2nc(Nc3cnc4c(c3)nnn4C(C)C)nc(N3CC(N)C3)c2c1Br.O=C(O)C(F)(F)F.O=C(O)C(F)(F)F. The summed E-state index contributed by atoms with van der Waals surface area (Å²) >= 11 is 3.71. The Kier molecular flexibility index (Phi) is 10.2. The van der Waals surface area contributed by atoms with Crippen LogP contribution in [0, 0.1) is 0 Å². The fourth-order valence-electron chi connectivity index (χ4n) is 3.68. The van der Waals surface area contributed by atoms with E-state index in [9.17, 15) is 26.3 Å². The van der Waals surface area contributed by atoms with E-state index in [4.69, 9.17) is 35.5 Å². The number of fused-ring (bicyclic) bond motifs is 2. The van der Waals surface area contributed by atoms with Gasteiger partial charge in [0.25, 0.3) is 0 Å². The number of nitrogens with zero attached hydrogens (tertiary/aromatic N) is 7. The van der Waals surface area contributed by atoms with Gasteiger partial charge in [-0.05, 0) is 42.3 Å². The summed E-state index contributed by atoms with van der Waals surface area (Å²) in [5.74, 6) is -4.15. The van der Waals surface area contributed by atoms with Crippen molar-refractivity contribution >= 4 is 67.5 Å². The molecule has 44 heavy (non-hydrogen) atoms. The number of hydrogen-bond acceptors (Lipinski definition) is 10. The van der Waals surface area contributed by atoms with E-state index in [1.54, 1.807) is 10.9 Å². The highest BCUT2D eigenvalue weighted by atomic mass is 79.9. The van der Waals surface area contributed by atoms with Crippen LogP contribution in [0.2, 0.25) is 0 Å². The highest BCUT2D eigenvalue weighted by Gasteiger charge is 2.39. The predicted molar refractivity (Wildman–Crippen MR) is 148 cm³/mol. The second-order valence-corrected chi connectivity index (χ2v) is 10.2. The molecule has 0 amide bonds. The molecular weight excluding hydrogens is 674 g/mol. The van der Waals surface area contributed by atoms with Crippen molar-refractivity contribution in [2.45, 2.75) is 51.6 Å². The Hall–Kier alpha value is -4.27. The third-order valence-corrected chi connectivity index (χ3v) is 6.62. The van der Waals surface area contributed by atoms with E-state index in [0.29, 0.717) is 5.95 Å². The number of aryl methyl sites for hydroxylation is 1. The minimum absolute atomic E-state index is 0.171. The van der Waals surface area contributed by atoms with E-state index in [-0.39, 0.29) is 12.1 Å². The van der Waals surface area contributed by atoms with Crippen molar-refractivity contribution in [3.05, 3.63) is 22.4 Å². The molecule has 240 valence electrons. The molecule has 4 aromatic heterocycles. The number of H-pyrrole nitrogens is 1. The fraction of sp³-hybridized carbons (Fsp3) is 0.435. The Bertz CT molecular complexity index is 1630. The molecule has 1 aliphatic rings. The minimum Gasteiger partial charge on any atom is -0.475 e. The maximum atomic E-state index is 10.6. The van der Waals surface area contributed by atoms with Gasteiger partial charge in [-0.3, -0.25) is 0 Å². The number of aliphatic carboxylic acids is 2. The van der Waals surface area contributed by atoms with E-state index in [1.165, 1.54) is 0 Å². The van der Waals surface area contributed by atoms with Crippen molar-refractivity contribution in [1.29, 1.82) is 0 Å². The summed E-state index contributed by atoms with van der Waals surface area (Å²) in [4.78, 5) is 37.4. The van der Waals surface area contributed by atoms with E-state index in [0.717, 1.165) is 63.4 Å². The monoisotopic (exact) mass is 698 g/mol. The number of anilines is 3. The van der Waals surface area contributed by atoms with Crippen LogP contribution in [0.5, 0.6) is 0 Å². The first-order valence-corrected chi connectivity index (χ1v) is 13.3. The molecule has 1 aliphatic heterocycles. The number of rotatable bonds is 5. The van der Waals surface area contributed by atoms with Crippen LogP contribution in [-0.2, 0) is 16.0 Å². The normalized spacial score (nSPS) is 13.7. The Balaban J connectivity index is 0.000000317. The first-order chi connectivity index (χ1) is 20.3. The molecule has 5 heterocycles. The molecule has 0 unspecified atom stereocenters. The lowest BCUT2D eigenvalue weighted by Crippen LogP contribution is -2.56. The maximum Gasteiger partial charge on any atom is 0.490 e. The van der Waals surface area contributed by atoms with Crippen LogP contribution in [0.25, 0.3) is 22.2 Å². The molecule has 0 spiro atoms. The molecule has 0 atom stereocenters. The summed E-state index contributed by atoms with van der Waals surface area (Å²) in [6.45, 7) is 7.75.